The summed E-state index contributed by atoms with van der Waals surface area (Å²) in [5, 5.41) is 8.44. The summed E-state index contributed by atoms with van der Waals surface area (Å²) in [7, 11) is 0. The predicted octanol–water partition coefficient (Wildman–Crippen LogP) is 4.70. The summed E-state index contributed by atoms with van der Waals surface area (Å²) in [6, 6.07) is 7.13. The van der Waals surface area contributed by atoms with Gasteiger partial charge in [-0.05, 0) is 42.5 Å². The number of nitrogens with one attached hydrogen (secondary N) is 1. The van der Waals surface area contributed by atoms with E-state index < -0.39 is 41.0 Å². The molecular weight excluding hydrogens is 409 g/mol. The summed E-state index contributed by atoms with van der Waals surface area (Å²) in [6.45, 7) is 0. The molecule has 0 unspecified atom stereocenters. The van der Waals surface area contributed by atoms with E-state index in [0.717, 1.165) is 42.5 Å². The minimum atomic E-state index is -5.08. The molecule has 152 valence electrons. The molecule has 1 heterocycles. The Morgan fingerprint density at radius 3 is 2.17 bits per heavy atom. The van der Waals surface area contributed by atoms with Crippen molar-refractivity contribution in [1.82, 2.24) is 15.0 Å². The third-order valence-corrected chi connectivity index (χ3v) is 3.67. The number of halogens is 7. The van der Waals surface area contributed by atoms with Gasteiger partial charge in [-0.15, -0.1) is 5.10 Å². The fourth-order valence-electron chi connectivity index (χ4n) is 2.42. The molecule has 1 aromatic heterocycles. The van der Waals surface area contributed by atoms with Gasteiger partial charge in [-0.25, -0.2) is 9.07 Å². The van der Waals surface area contributed by atoms with Gasteiger partial charge in [-0.2, -0.15) is 26.3 Å². The van der Waals surface area contributed by atoms with Crippen LogP contribution >= 0.6 is 0 Å². The second-order valence-electron chi connectivity index (χ2n) is 5.71. The summed E-state index contributed by atoms with van der Waals surface area (Å²) < 4.78 is 92.1. The lowest BCUT2D eigenvalue weighted by molar-refractivity contribution is -0.143. The topological polar surface area (TPSA) is 59.8 Å². The number of carbonyl (C=O) groups is 1. The van der Waals surface area contributed by atoms with Gasteiger partial charge in [0.1, 0.15) is 5.82 Å². The summed E-state index contributed by atoms with van der Waals surface area (Å²) in [5.41, 5.74) is -4.41. The van der Waals surface area contributed by atoms with E-state index >= 15 is 0 Å². The standard InChI is InChI=1S/C17H9F7N4O/c18-10-4-6-12(7-5-10)28-14(17(22,23)24)13(26-27-28)15(29)25-11-3-1-2-9(8-11)16(19,20)21/h1-8H,(H,25,29). The van der Waals surface area contributed by atoms with Crippen molar-refractivity contribution in [3.63, 3.8) is 0 Å². The highest BCUT2D eigenvalue weighted by atomic mass is 19.4. The van der Waals surface area contributed by atoms with Crippen molar-refractivity contribution in [2.45, 2.75) is 12.4 Å². The summed E-state index contributed by atoms with van der Waals surface area (Å²) in [5.74, 6) is -2.12. The number of anilines is 1. The molecule has 0 radical (unpaired) electrons. The molecule has 3 aromatic rings. The van der Waals surface area contributed by atoms with E-state index in [9.17, 15) is 35.5 Å². The number of alkyl halides is 6. The minimum absolute atomic E-state index is 0.218. The molecule has 0 saturated carbocycles. The second kappa shape index (κ2) is 7.18. The molecule has 1 amide bonds. The van der Waals surface area contributed by atoms with E-state index in [1.807, 2.05) is 5.32 Å². The van der Waals surface area contributed by atoms with Crippen molar-refractivity contribution in [2.24, 2.45) is 0 Å². The number of amides is 1. The molecule has 29 heavy (non-hydrogen) atoms. The zero-order valence-corrected chi connectivity index (χ0v) is 14.0. The molecular formula is C17H9F7N4O. The van der Waals surface area contributed by atoms with Crippen molar-refractivity contribution >= 4 is 11.6 Å². The number of nitrogens with zero attached hydrogens (tertiary/aromatic N) is 3. The highest BCUT2D eigenvalue weighted by Crippen LogP contribution is 2.34. The van der Waals surface area contributed by atoms with Crippen LogP contribution in [-0.2, 0) is 12.4 Å². The first-order valence-electron chi connectivity index (χ1n) is 7.74. The van der Waals surface area contributed by atoms with Crippen LogP contribution in [0, 0.1) is 5.82 Å². The Morgan fingerprint density at radius 2 is 1.59 bits per heavy atom. The molecule has 12 heteroatoms. The number of hydrogen-bond acceptors (Lipinski definition) is 3. The highest BCUT2D eigenvalue weighted by molar-refractivity contribution is 6.03. The van der Waals surface area contributed by atoms with E-state index in [1.54, 1.807) is 0 Å². The Kier molecular flexibility index (Phi) is 5.03. The SMILES string of the molecule is O=C(Nc1cccc(C(F)(F)F)c1)c1nnn(-c2ccc(F)cc2)c1C(F)(F)F. The normalized spacial score (nSPS) is 12.1. The Bertz CT molecular complexity index is 1040. The van der Waals surface area contributed by atoms with Crippen LogP contribution in [0.15, 0.2) is 48.5 Å². The van der Waals surface area contributed by atoms with Crippen LogP contribution in [0.2, 0.25) is 0 Å². The molecule has 0 fully saturated rings. The number of rotatable bonds is 3. The van der Waals surface area contributed by atoms with Crippen LogP contribution in [0.1, 0.15) is 21.7 Å². The molecule has 0 atom stereocenters. The van der Waals surface area contributed by atoms with Crippen molar-refractivity contribution in [2.75, 3.05) is 5.32 Å². The first kappa shape index (κ1) is 20.3. The van der Waals surface area contributed by atoms with E-state index in [1.165, 1.54) is 0 Å². The van der Waals surface area contributed by atoms with E-state index in [-0.39, 0.29) is 11.4 Å². The van der Waals surface area contributed by atoms with Gasteiger partial charge in [0.2, 0.25) is 0 Å². The number of carbonyl (C=O) groups excluding carboxylic acids is 1. The fourth-order valence-corrected chi connectivity index (χ4v) is 2.42. The Labute approximate surface area is 157 Å². The lowest BCUT2D eigenvalue weighted by Gasteiger charge is -2.12. The Balaban J connectivity index is 1.99. The summed E-state index contributed by atoms with van der Waals surface area (Å²) in [4.78, 5) is 12.3. The minimum Gasteiger partial charge on any atom is -0.321 e. The maximum atomic E-state index is 13.5. The molecule has 0 spiro atoms. The highest BCUT2D eigenvalue weighted by Gasteiger charge is 2.42. The van der Waals surface area contributed by atoms with Gasteiger partial charge in [-0.1, -0.05) is 11.3 Å². The first-order chi connectivity index (χ1) is 13.5. The monoisotopic (exact) mass is 418 g/mol. The zero-order chi connectivity index (χ0) is 21.4. The van der Waals surface area contributed by atoms with E-state index in [0.29, 0.717) is 10.7 Å². The molecule has 1 N–H and O–H groups in total. The van der Waals surface area contributed by atoms with Crippen molar-refractivity contribution < 1.29 is 35.5 Å². The maximum Gasteiger partial charge on any atom is 0.435 e. The molecule has 0 saturated heterocycles. The van der Waals surface area contributed by atoms with Gasteiger partial charge in [-0.3, -0.25) is 4.79 Å². The van der Waals surface area contributed by atoms with Crippen molar-refractivity contribution in [1.29, 1.82) is 0 Å². The van der Waals surface area contributed by atoms with Gasteiger partial charge in [0, 0.05) is 5.69 Å². The van der Waals surface area contributed by atoms with Crippen LogP contribution < -0.4 is 5.32 Å². The molecule has 0 aliphatic rings. The van der Waals surface area contributed by atoms with Gasteiger partial charge < -0.3 is 5.32 Å². The first-order valence-corrected chi connectivity index (χ1v) is 7.74. The number of benzene rings is 2. The third kappa shape index (κ3) is 4.36. The summed E-state index contributed by atoms with van der Waals surface area (Å²) >= 11 is 0. The molecule has 0 aliphatic carbocycles. The van der Waals surface area contributed by atoms with Gasteiger partial charge >= 0.3 is 12.4 Å². The largest absolute Gasteiger partial charge is 0.435 e. The number of hydrogen-bond donors (Lipinski definition) is 1. The second-order valence-corrected chi connectivity index (χ2v) is 5.71. The van der Waals surface area contributed by atoms with Crippen LogP contribution in [0.4, 0.5) is 36.4 Å². The molecule has 5 nitrogen and oxygen atoms in total. The quantitative estimate of drug-likeness (QED) is 0.628. The third-order valence-electron chi connectivity index (χ3n) is 3.67. The van der Waals surface area contributed by atoms with Crippen LogP contribution in [-0.4, -0.2) is 20.9 Å². The predicted molar refractivity (Wildman–Crippen MR) is 85.7 cm³/mol. The van der Waals surface area contributed by atoms with Crippen LogP contribution in [0.25, 0.3) is 5.69 Å². The fraction of sp³-hybridized carbons (Fsp3) is 0.118. The van der Waals surface area contributed by atoms with Crippen molar-refractivity contribution in [3.8, 4) is 5.69 Å². The van der Waals surface area contributed by atoms with Gasteiger partial charge in [0.05, 0.1) is 11.3 Å². The lowest BCUT2D eigenvalue weighted by Crippen LogP contribution is -2.21. The lowest BCUT2D eigenvalue weighted by atomic mass is 10.2. The van der Waals surface area contributed by atoms with E-state index in [4.69, 9.17) is 0 Å². The van der Waals surface area contributed by atoms with Crippen LogP contribution in [0.3, 0.4) is 0 Å². The summed E-state index contributed by atoms with van der Waals surface area (Å²) in [6.07, 6.45) is -9.79. The van der Waals surface area contributed by atoms with Gasteiger partial charge in [0.15, 0.2) is 11.4 Å². The van der Waals surface area contributed by atoms with E-state index in [2.05, 4.69) is 10.3 Å². The Hall–Kier alpha value is -3.44. The van der Waals surface area contributed by atoms with Crippen molar-refractivity contribution in [3.05, 3.63) is 71.3 Å². The Morgan fingerprint density at radius 1 is 0.931 bits per heavy atom. The smallest absolute Gasteiger partial charge is 0.321 e. The van der Waals surface area contributed by atoms with Gasteiger partial charge in [0.25, 0.3) is 5.91 Å². The maximum absolute atomic E-state index is 13.5. The molecule has 0 aliphatic heterocycles. The number of aromatic nitrogens is 3. The molecule has 0 bridgehead atoms. The average molecular weight is 418 g/mol. The van der Waals surface area contributed by atoms with Crippen LogP contribution in [0.5, 0.6) is 0 Å². The zero-order valence-electron chi connectivity index (χ0n) is 14.0. The average Bonchev–Trinajstić information content (AvgIpc) is 3.07. The molecule has 2 aromatic carbocycles. The molecule has 3 rings (SSSR count).